The second-order valence-electron chi connectivity index (χ2n) is 4.46. The maximum absolute atomic E-state index is 12.3. The van der Waals surface area contributed by atoms with Crippen molar-refractivity contribution in [1.29, 1.82) is 0 Å². The molecule has 0 atom stereocenters. The molecule has 0 unspecified atom stereocenters. The van der Waals surface area contributed by atoms with E-state index in [-0.39, 0.29) is 17.6 Å². The Morgan fingerprint density at radius 3 is 2.32 bits per heavy atom. The Labute approximate surface area is 125 Å². The van der Waals surface area contributed by atoms with Crippen molar-refractivity contribution in [3.8, 4) is 5.75 Å². The zero-order valence-corrected chi connectivity index (χ0v) is 12.8. The van der Waals surface area contributed by atoms with Gasteiger partial charge in [0, 0.05) is 36.7 Å². The number of amides is 2. The van der Waals surface area contributed by atoms with Gasteiger partial charge in [-0.15, -0.1) is 0 Å². The lowest BCUT2D eigenvalue weighted by Crippen LogP contribution is -2.50. The summed E-state index contributed by atoms with van der Waals surface area (Å²) in [5.41, 5.74) is 0.322. The molecule has 0 saturated carbocycles. The quantitative estimate of drug-likeness (QED) is 0.754. The molecule has 1 aliphatic rings. The summed E-state index contributed by atoms with van der Waals surface area (Å²) in [5, 5.41) is 9.76. The van der Waals surface area contributed by atoms with Gasteiger partial charge in [-0.25, -0.2) is 0 Å². The zero-order valence-electron chi connectivity index (χ0n) is 10.6. The molecule has 5 nitrogen and oxygen atoms in total. The van der Waals surface area contributed by atoms with Crippen molar-refractivity contribution in [1.82, 2.24) is 9.80 Å². The molecular weight excluding hydrogens is 359 g/mol. The smallest absolute Gasteiger partial charge is 0.257 e. The molecule has 1 aliphatic heterocycles. The molecule has 1 heterocycles. The van der Waals surface area contributed by atoms with Crippen molar-refractivity contribution in [3.63, 3.8) is 0 Å². The van der Waals surface area contributed by atoms with Gasteiger partial charge >= 0.3 is 0 Å². The summed E-state index contributed by atoms with van der Waals surface area (Å²) in [6.07, 6.45) is 0. The lowest BCUT2D eigenvalue weighted by Gasteiger charge is -2.34. The van der Waals surface area contributed by atoms with Crippen LogP contribution in [0.25, 0.3) is 0 Å². The summed E-state index contributed by atoms with van der Waals surface area (Å²) in [5.74, 6) is -0.150. The zero-order chi connectivity index (χ0) is 14.0. The molecule has 1 aromatic carbocycles. The predicted octanol–water partition coefficient (Wildman–Crippen LogP) is 1.30. The predicted molar refractivity (Wildman–Crippen MR) is 79.0 cm³/mol. The van der Waals surface area contributed by atoms with Crippen LogP contribution in [0, 0.1) is 3.57 Å². The van der Waals surface area contributed by atoms with E-state index in [0.29, 0.717) is 31.7 Å². The highest BCUT2D eigenvalue weighted by Crippen LogP contribution is 2.22. The fraction of sp³-hybridized carbons (Fsp3) is 0.385. The van der Waals surface area contributed by atoms with Gasteiger partial charge in [0.05, 0.1) is 5.56 Å². The van der Waals surface area contributed by atoms with Crippen molar-refractivity contribution in [2.45, 2.75) is 6.92 Å². The maximum atomic E-state index is 12.3. The van der Waals surface area contributed by atoms with Gasteiger partial charge in [-0.1, -0.05) is 0 Å². The second-order valence-corrected chi connectivity index (χ2v) is 5.71. The monoisotopic (exact) mass is 374 g/mol. The van der Waals surface area contributed by atoms with E-state index < -0.39 is 0 Å². The molecule has 0 bridgehead atoms. The number of piperazine rings is 1. The SMILES string of the molecule is CC(=O)N1CCN(C(=O)c2cc(I)ccc2O)CC1. The van der Waals surface area contributed by atoms with Crippen LogP contribution in [-0.2, 0) is 4.79 Å². The first kappa shape index (κ1) is 14.1. The van der Waals surface area contributed by atoms with Crippen molar-refractivity contribution in [2.75, 3.05) is 26.2 Å². The Kier molecular flexibility index (Phi) is 4.28. The lowest BCUT2D eigenvalue weighted by atomic mass is 10.1. The van der Waals surface area contributed by atoms with Gasteiger partial charge in [-0.3, -0.25) is 9.59 Å². The first-order valence-electron chi connectivity index (χ1n) is 6.02. The van der Waals surface area contributed by atoms with Crippen molar-refractivity contribution in [3.05, 3.63) is 27.3 Å². The fourth-order valence-corrected chi connectivity index (χ4v) is 2.57. The van der Waals surface area contributed by atoms with E-state index in [1.807, 2.05) is 0 Å². The van der Waals surface area contributed by atoms with Gasteiger partial charge in [0.2, 0.25) is 5.91 Å². The van der Waals surface area contributed by atoms with Gasteiger partial charge in [0.25, 0.3) is 5.91 Å². The van der Waals surface area contributed by atoms with Crippen LogP contribution in [0.2, 0.25) is 0 Å². The standard InChI is InChI=1S/C13H15IN2O3/c1-9(17)15-4-6-16(7-5-15)13(19)11-8-10(14)2-3-12(11)18/h2-3,8,18H,4-7H2,1H3. The minimum absolute atomic E-state index is 0.000543. The summed E-state index contributed by atoms with van der Waals surface area (Å²) in [7, 11) is 0. The molecule has 0 spiro atoms. The molecule has 2 amide bonds. The highest BCUT2D eigenvalue weighted by atomic mass is 127. The number of phenols is 1. The maximum Gasteiger partial charge on any atom is 0.257 e. The van der Waals surface area contributed by atoms with Gasteiger partial charge in [-0.05, 0) is 40.8 Å². The molecule has 1 saturated heterocycles. The molecule has 0 radical (unpaired) electrons. The molecule has 6 heteroatoms. The van der Waals surface area contributed by atoms with Crippen LogP contribution in [0.4, 0.5) is 0 Å². The third-order valence-electron chi connectivity index (χ3n) is 3.20. The number of benzene rings is 1. The van der Waals surface area contributed by atoms with Gasteiger partial charge in [-0.2, -0.15) is 0 Å². The van der Waals surface area contributed by atoms with Crippen LogP contribution >= 0.6 is 22.6 Å². The largest absolute Gasteiger partial charge is 0.507 e. The van der Waals surface area contributed by atoms with Crippen LogP contribution in [0.3, 0.4) is 0 Å². The van der Waals surface area contributed by atoms with Crippen LogP contribution < -0.4 is 0 Å². The number of rotatable bonds is 1. The summed E-state index contributed by atoms with van der Waals surface area (Å²) >= 11 is 2.10. The molecule has 0 aliphatic carbocycles. The fourth-order valence-electron chi connectivity index (χ4n) is 2.07. The first-order valence-corrected chi connectivity index (χ1v) is 7.10. The lowest BCUT2D eigenvalue weighted by molar-refractivity contribution is -0.130. The van der Waals surface area contributed by atoms with Gasteiger partial charge in [0.15, 0.2) is 0 Å². The number of phenolic OH excluding ortho intramolecular Hbond substituents is 1. The summed E-state index contributed by atoms with van der Waals surface area (Å²) in [4.78, 5) is 26.9. The van der Waals surface area contributed by atoms with Crippen molar-refractivity contribution in [2.24, 2.45) is 0 Å². The number of hydrogen-bond acceptors (Lipinski definition) is 3. The van der Waals surface area contributed by atoms with Crippen LogP contribution in [-0.4, -0.2) is 52.9 Å². The molecule has 1 fully saturated rings. The summed E-state index contributed by atoms with van der Waals surface area (Å²) in [6, 6.07) is 4.96. The van der Waals surface area contributed by atoms with E-state index in [9.17, 15) is 14.7 Å². The van der Waals surface area contributed by atoms with Crippen LogP contribution in [0.15, 0.2) is 18.2 Å². The molecule has 1 N–H and O–H groups in total. The summed E-state index contributed by atoms with van der Waals surface area (Å²) in [6.45, 7) is 3.63. The van der Waals surface area contributed by atoms with E-state index >= 15 is 0 Å². The number of nitrogens with zero attached hydrogens (tertiary/aromatic N) is 2. The Morgan fingerprint density at radius 1 is 1.16 bits per heavy atom. The third kappa shape index (κ3) is 3.17. The molecule has 19 heavy (non-hydrogen) atoms. The number of aromatic hydroxyl groups is 1. The van der Waals surface area contributed by atoms with E-state index in [0.717, 1.165) is 3.57 Å². The van der Waals surface area contributed by atoms with E-state index in [1.54, 1.807) is 21.9 Å². The van der Waals surface area contributed by atoms with Gasteiger partial charge < -0.3 is 14.9 Å². The van der Waals surface area contributed by atoms with Crippen LogP contribution in [0.5, 0.6) is 5.75 Å². The Balaban J connectivity index is 2.09. The van der Waals surface area contributed by atoms with E-state index in [1.165, 1.54) is 13.0 Å². The average molecular weight is 374 g/mol. The first-order chi connectivity index (χ1) is 8.99. The van der Waals surface area contributed by atoms with E-state index in [2.05, 4.69) is 22.6 Å². The highest BCUT2D eigenvalue weighted by Gasteiger charge is 2.24. The molecule has 2 rings (SSSR count). The number of halogens is 1. The number of carbonyl (C=O) groups excluding carboxylic acids is 2. The van der Waals surface area contributed by atoms with E-state index in [4.69, 9.17) is 0 Å². The normalized spacial score (nSPS) is 15.5. The Morgan fingerprint density at radius 2 is 1.74 bits per heavy atom. The minimum Gasteiger partial charge on any atom is -0.507 e. The topological polar surface area (TPSA) is 60.9 Å². The van der Waals surface area contributed by atoms with Crippen molar-refractivity contribution < 1.29 is 14.7 Å². The van der Waals surface area contributed by atoms with Crippen LogP contribution in [0.1, 0.15) is 17.3 Å². The average Bonchev–Trinajstić information content (AvgIpc) is 2.41. The van der Waals surface area contributed by atoms with Gasteiger partial charge in [0.1, 0.15) is 5.75 Å². The number of hydrogen-bond donors (Lipinski definition) is 1. The Hall–Kier alpha value is -1.31. The Bertz CT molecular complexity index is 511. The second kappa shape index (κ2) is 5.77. The summed E-state index contributed by atoms with van der Waals surface area (Å²) < 4.78 is 0.904. The molecule has 0 aromatic heterocycles. The minimum atomic E-state index is -0.181. The third-order valence-corrected chi connectivity index (χ3v) is 3.87. The molecule has 1 aromatic rings. The molecule has 102 valence electrons. The van der Waals surface area contributed by atoms with Crippen molar-refractivity contribution >= 4 is 34.4 Å². The number of carbonyl (C=O) groups is 2. The molecular formula is C13H15IN2O3. The highest BCUT2D eigenvalue weighted by molar-refractivity contribution is 14.1.